The molecule has 4 nitrogen and oxygen atoms in total. The van der Waals surface area contributed by atoms with Crippen LogP contribution < -0.4 is 0 Å². The van der Waals surface area contributed by atoms with Gasteiger partial charge in [0.05, 0.1) is 5.71 Å². The van der Waals surface area contributed by atoms with Crippen molar-refractivity contribution in [3.05, 3.63) is 75.3 Å². The molecule has 0 spiro atoms. The van der Waals surface area contributed by atoms with Crippen LogP contribution in [-0.4, -0.2) is 22.7 Å². The number of aliphatic carboxylic acids is 1. The second-order valence-corrected chi connectivity index (χ2v) is 6.78. The van der Waals surface area contributed by atoms with Gasteiger partial charge in [-0.05, 0) is 47.4 Å². The van der Waals surface area contributed by atoms with E-state index < -0.39 is 5.97 Å². The van der Waals surface area contributed by atoms with Gasteiger partial charge < -0.3 is 5.11 Å². The molecule has 1 amide bonds. The Labute approximate surface area is 160 Å². The quantitative estimate of drug-likeness (QED) is 0.731. The zero-order valence-corrected chi connectivity index (χ0v) is 15.2. The number of amides is 1. The average Bonchev–Trinajstić information content (AvgIpc) is 2.99. The van der Waals surface area contributed by atoms with Crippen molar-refractivity contribution >= 4 is 46.4 Å². The first-order chi connectivity index (χ1) is 12.4. The largest absolute Gasteiger partial charge is 0.481 e. The van der Waals surface area contributed by atoms with E-state index in [9.17, 15) is 9.59 Å². The third-order valence-electron chi connectivity index (χ3n) is 4.16. The van der Waals surface area contributed by atoms with Crippen LogP contribution in [0.5, 0.6) is 0 Å². The normalized spacial score (nSPS) is 15.8. The van der Waals surface area contributed by atoms with Crippen molar-refractivity contribution in [1.82, 2.24) is 0 Å². The number of carbonyl (C=O) groups is 2. The molecule has 0 atom stereocenters. The van der Waals surface area contributed by atoms with Crippen LogP contribution in [0.2, 0.25) is 10.0 Å². The van der Waals surface area contributed by atoms with Gasteiger partial charge in [-0.25, -0.2) is 4.99 Å². The van der Waals surface area contributed by atoms with E-state index in [1.165, 1.54) is 0 Å². The Morgan fingerprint density at radius 2 is 1.54 bits per heavy atom. The Balaban J connectivity index is 1.97. The lowest BCUT2D eigenvalue weighted by atomic mass is 9.92. The standard InChI is InChI=1S/C20H15Cl2NO3/c21-14-5-1-12(2-6-14)16(9-10-19(24)25)17-11-18(23-20(17)26)13-3-7-15(22)8-4-13/h1-8H,9-11H2,(H,24,25)/b17-16+. The number of nitrogens with zero attached hydrogens (tertiary/aromatic N) is 1. The number of hydrogen-bond donors (Lipinski definition) is 1. The van der Waals surface area contributed by atoms with Crippen molar-refractivity contribution in [3.8, 4) is 0 Å². The zero-order valence-electron chi connectivity index (χ0n) is 13.7. The number of rotatable bonds is 5. The predicted molar refractivity (Wildman–Crippen MR) is 103 cm³/mol. The smallest absolute Gasteiger partial charge is 0.303 e. The van der Waals surface area contributed by atoms with Gasteiger partial charge in [-0.15, -0.1) is 0 Å². The Kier molecular flexibility index (Phi) is 5.55. The summed E-state index contributed by atoms with van der Waals surface area (Å²) in [6, 6.07) is 14.1. The minimum absolute atomic E-state index is 0.0645. The topological polar surface area (TPSA) is 66.7 Å². The van der Waals surface area contributed by atoms with E-state index in [0.29, 0.717) is 33.3 Å². The lowest BCUT2D eigenvalue weighted by Crippen LogP contribution is -2.03. The van der Waals surface area contributed by atoms with Crippen LogP contribution in [0.4, 0.5) is 0 Å². The van der Waals surface area contributed by atoms with Gasteiger partial charge in [-0.1, -0.05) is 47.5 Å². The lowest BCUT2D eigenvalue weighted by molar-refractivity contribution is -0.136. The van der Waals surface area contributed by atoms with E-state index in [2.05, 4.69) is 4.99 Å². The van der Waals surface area contributed by atoms with Crippen molar-refractivity contribution in [3.63, 3.8) is 0 Å². The van der Waals surface area contributed by atoms with Gasteiger partial charge >= 0.3 is 5.97 Å². The van der Waals surface area contributed by atoms with Crippen LogP contribution >= 0.6 is 23.2 Å². The highest BCUT2D eigenvalue weighted by atomic mass is 35.5. The fraction of sp³-hybridized carbons (Fsp3) is 0.150. The molecule has 132 valence electrons. The third kappa shape index (κ3) is 4.21. The molecule has 2 aromatic rings. The molecule has 6 heteroatoms. The first kappa shape index (κ1) is 18.4. The highest BCUT2D eigenvalue weighted by Gasteiger charge is 2.26. The van der Waals surface area contributed by atoms with E-state index in [4.69, 9.17) is 28.3 Å². The summed E-state index contributed by atoms with van der Waals surface area (Å²) in [7, 11) is 0. The summed E-state index contributed by atoms with van der Waals surface area (Å²) < 4.78 is 0. The number of carbonyl (C=O) groups excluding carboxylic acids is 1. The summed E-state index contributed by atoms with van der Waals surface area (Å²) in [4.78, 5) is 27.7. The molecule has 1 aliphatic rings. The van der Waals surface area contributed by atoms with Crippen molar-refractivity contribution in [2.75, 3.05) is 0 Å². The number of carboxylic acid groups (broad SMARTS) is 1. The second kappa shape index (κ2) is 7.85. The maximum absolute atomic E-state index is 12.5. The molecule has 1 heterocycles. The van der Waals surface area contributed by atoms with Gasteiger partial charge in [0.25, 0.3) is 5.91 Å². The van der Waals surface area contributed by atoms with Crippen molar-refractivity contribution < 1.29 is 14.7 Å². The van der Waals surface area contributed by atoms with Crippen LogP contribution in [0.15, 0.2) is 59.1 Å². The minimum atomic E-state index is -0.915. The van der Waals surface area contributed by atoms with Gasteiger partial charge in [-0.2, -0.15) is 0 Å². The lowest BCUT2D eigenvalue weighted by Gasteiger charge is -2.10. The summed E-state index contributed by atoms with van der Waals surface area (Å²) in [5.74, 6) is -1.24. The minimum Gasteiger partial charge on any atom is -0.481 e. The Morgan fingerprint density at radius 1 is 0.962 bits per heavy atom. The molecule has 1 aliphatic heterocycles. The Hall–Kier alpha value is -2.43. The molecule has 1 N–H and O–H groups in total. The van der Waals surface area contributed by atoms with Gasteiger partial charge in [0.2, 0.25) is 0 Å². The summed E-state index contributed by atoms with van der Waals surface area (Å²) in [5, 5.41) is 10.2. The summed E-state index contributed by atoms with van der Waals surface area (Å²) in [5.41, 5.74) is 3.49. The molecular weight excluding hydrogens is 373 g/mol. The number of hydrogen-bond acceptors (Lipinski definition) is 2. The molecule has 0 saturated carbocycles. The molecule has 0 unspecified atom stereocenters. The molecule has 0 radical (unpaired) electrons. The maximum Gasteiger partial charge on any atom is 0.303 e. The predicted octanol–water partition coefficient (Wildman–Crippen LogP) is 5.03. The van der Waals surface area contributed by atoms with E-state index in [1.807, 2.05) is 12.1 Å². The van der Waals surface area contributed by atoms with Crippen molar-refractivity contribution in [1.29, 1.82) is 0 Å². The fourth-order valence-corrected chi connectivity index (χ4v) is 3.12. The monoisotopic (exact) mass is 387 g/mol. The summed E-state index contributed by atoms with van der Waals surface area (Å²) in [6.45, 7) is 0. The van der Waals surface area contributed by atoms with E-state index >= 15 is 0 Å². The van der Waals surface area contributed by atoms with Crippen LogP contribution in [0.25, 0.3) is 5.57 Å². The number of benzene rings is 2. The maximum atomic E-state index is 12.5. The van der Waals surface area contributed by atoms with Gasteiger partial charge in [0.1, 0.15) is 0 Å². The first-order valence-corrected chi connectivity index (χ1v) is 8.77. The first-order valence-electron chi connectivity index (χ1n) is 8.01. The van der Waals surface area contributed by atoms with E-state index in [1.54, 1.807) is 36.4 Å². The SMILES string of the molecule is O=C(O)CC/C(=C1/CC(c2ccc(Cl)cc2)=NC1=O)c1ccc(Cl)cc1. The molecule has 2 aromatic carbocycles. The van der Waals surface area contributed by atoms with E-state index in [-0.39, 0.29) is 18.7 Å². The summed E-state index contributed by atoms with van der Waals surface area (Å²) in [6.07, 6.45) is 0.546. The zero-order chi connectivity index (χ0) is 18.7. The highest BCUT2D eigenvalue weighted by Crippen LogP contribution is 2.32. The Morgan fingerprint density at radius 3 is 2.12 bits per heavy atom. The molecular formula is C20H15Cl2NO3. The van der Waals surface area contributed by atoms with E-state index in [0.717, 1.165) is 11.1 Å². The summed E-state index contributed by atoms with van der Waals surface area (Å²) >= 11 is 11.8. The molecule has 26 heavy (non-hydrogen) atoms. The van der Waals surface area contributed by atoms with Gasteiger partial charge in [-0.3, -0.25) is 9.59 Å². The highest BCUT2D eigenvalue weighted by molar-refractivity contribution is 6.31. The number of carboxylic acids is 1. The molecule has 0 aromatic heterocycles. The van der Waals surface area contributed by atoms with Crippen LogP contribution in [0, 0.1) is 0 Å². The molecule has 0 saturated heterocycles. The molecule has 0 fully saturated rings. The second-order valence-electron chi connectivity index (χ2n) is 5.91. The number of halogens is 2. The van der Waals surface area contributed by atoms with Gasteiger partial charge in [0, 0.05) is 28.5 Å². The fourth-order valence-electron chi connectivity index (χ4n) is 2.87. The van der Waals surface area contributed by atoms with Crippen molar-refractivity contribution in [2.24, 2.45) is 4.99 Å². The molecule has 0 aliphatic carbocycles. The molecule has 0 bridgehead atoms. The van der Waals surface area contributed by atoms with Crippen LogP contribution in [-0.2, 0) is 9.59 Å². The molecule has 3 rings (SSSR count). The van der Waals surface area contributed by atoms with Crippen LogP contribution in [0.1, 0.15) is 30.4 Å². The number of aliphatic imine (C=N–C) groups is 1. The van der Waals surface area contributed by atoms with Crippen LogP contribution in [0.3, 0.4) is 0 Å². The third-order valence-corrected chi connectivity index (χ3v) is 4.67. The number of allylic oxidation sites excluding steroid dienone is 1. The Bertz CT molecular complexity index is 913. The van der Waals surface area contributed by atoms with Crippen molar-refractivity contribution in [2.45, 2.75) is 19.3 Å². The van der Waals surface area contributed by atoms with Gasteiger partial charge in [0.15, 0.2) is 0 Å². The average molecular weight is 388 g/mol.